The molecule has 1 aromatic rings. The second kappa shape index (κ2) is 7.78. The van der Waals surface area contributed by atoms with Gasteiger partial charge in [-0.3, -0.25) is 9.59 Å². The van der Waals surface area contributed by atoms with E-state index in [9.17, 15) is 9.59 Å². The fourth-order valence-corrected chi connectivity index (χ4v) is 1.55. The number of amides is 2. The highest BCUT2D eigenvalue weighted by Crippen LogP contribution is 2.05. The number of oxime groups is 1. The first-order valence-corrected chi connectivity index (χ1v) is 6.21. The SMILES string of the molecule is CCNC(=O)CCNC(=O)c1cccc(/C(N)=N/O)c1. The summed E-state index contributed by atoms with van der Waals surface area (Å²) < 4.78 is 0. The molecule has 0 heterocycles. The molecule has 0 spiro atoms. The lowest BCUT2D eigenvalue weighted by Crippen LogP contribution is -2.30. The molecule has 7 nitrogen and oxygen atoms in total. The molecule has 0 saturated heterocycles. The van der Waals surface area contributed by atoms with Gasteiger partial charge in [0.15, 0.2) is 5.84 Å². The average molecular weight is 278 g/mol. The van der Waals surface area contributed by atoms with Crippen LogP contribution in [-0.2, 0) is 4.79 Å². The van der Waals surface area contributed by atoms with Crippen LogP contribution in [0, 0.1) is 0 Å². The summed E-state index contributed by atoms with van der Waals surface area (Å²) in [5, 5.41) is 16.7. The van der Waals surface area contributed by atoms with Crippen LogP contribution < -0.4 is 16.4 Å². The molecule has 108 valence electrons. The molecule has 0 aliphatic rings. The van der Waals surface area contributed by atoms with Crippen molar-refractivity contribution in [1.82, 2.24) is 10.6 Å². The molecule has 20 heavy (non-hydrogen) atoms. The van der Waals surface area contributed by atoms with E-state index in [0.717, 1.165) is 0 Å². The van der Waals surface area contributed by atoms with Gasteiger partial charge in [-0.1, -0.05) is 17.3 Å². The Morgan fingerprint density at radius 3 is 2.65 bits per heavy atom. The van der Waals surface area contributed by atoms with Crippen molar-refractivity contribution in [2.45, 2.75) is 13.3 Å². The number of carbonyl (C=O) groups excluding carboxylic acids is 2. The van der Waals surface area contributed by atoms with Gasteiger partial charge in [0.05, 0.1) is 0 Å². The minimum Gasteiger partial charge on any atom is -0.409 e. The van der Waals surface area contributed by atoms with Crippen LogP contribution in [0.15, 0.2) is 29.4 Å². The van der Waals surface area contributed by atoms with E-state index in [1.807, 2.05) is 6.92 Å². The Bertz CT molecular complexity index is 514. The van der Waals surface area contributed by atoms with Crippen molar-refractivity contribution >= 4 is 17.6 Å². The smallest absolute Gasteiger partial charge is 0.251 e. The fourth-order valence-electron chi connectivity index (χ4n) is 1.55. The van der Waals surface area contributed by atoms with E-state index in [1.165, 1.54) is 6.07 Å². The summed E-state index contributed by atoms with van der Waals surface area (Å²) in [6.45, 7) is 2.64. The average Bonchev–Trinajstić information content (AvgIpc) is 2.46. The number of nitrogens with one attached hydrogen (secondary N) is 2. The Morgan fingerprint density at radius 1 is 1.30 bits per heavy atom. The molecule has 0 radical (unpaired) electrons. The van der Waals surface area contributed by atoms with Gasteiger partial charge in [0.1, 0.15) is 0 Å². The molecule has 1 aromatic carbocycles. The lowest BCUT2D eigenvalue weighted by atomic mass is 10.1. The van der Waals surface area contributed by atoms with Gasteiger partial charge >= 0.3 is 0 Å². The zero-order chi connectivity index (χ0) is 15.0. The summed E-state index contributed by atoms with van der Waals surface area (Å²) in [4.78, 5) is 23.1. The number of hydrogen-bond acceptors (Lipinski definition) is 4. The standard InChI is InChI=1S/C13H18N4O3/c1-2-15-11(18)6-7-16-13(19)10-5-3-4-9(8-10)12(14)17-20/h3-5,8,20H,2,6-7H2,1H3,(H2,14,17)(H,15,18)(H,16,19). The van der Waals surface area contributed by atoms with Gasteiger partial charge in [0, 0.05) is 30.6 Å². The van der Waals surface area contributed by atoms with Crippen LogP contribution in [0.2, 0.25) is 0 Å². The van der Waals surface area contributed by atoms with Crippen LogP contribution in [0.4, 0.5) is 0 Å². The first kappa shape index (κ1) is 15.5. The van der Waals surface area contributed by atoms with Crippen molar-refractivity contribution in [1.29, 1.82) is 0 Å². The molecule has 0 bridgehead atoms. The third-order valence-electron chi connectivity index (χ3n) is 2.54. The first-order chi connectivity index (χ1) is 9.58. The number of rotatable bonds is 6. The Labute approximate surface area is 116 Å². The number of nitrogens with zero attached hydrogens (tertiary/aromatic N) is 1. The van der Waals surface area contributed by atoms with E-state index in [2.05, 4.69) is 15.8 Å². The number of amidine groups is 1. The number of carbonyl (C=O) groups is 2. The van der Waals surface area contributed by atoms with Crippen molar-refractivity contribution in [2.24, 2.45) is 10.9 Å². The minimum absolute atomic E-state index is 0.0676. The Balaban J connectivity index is 2.58. The molecular weight excluding hydrogens is 260 g/mol. The van der Waals surface area contributed by atoms with Crippen LogP contribution in [0.25, 0.3) is 0 Å². The minimum atomic E-state index is -0.318. The Morgan fingerprint density at radius 2 is 2.00 bits per heavy atom. The highest BCUT2D eigenvalue weighted by atomic mass is 16.4. The zero-order valence-electron chi connectivity index (χ0n) is 11.2. The Kier molecular flexibility index (Phi) is 6.02. The molecule has 0 aliphatic heterocycles. The van der Waals surface area contributed by atoms with Gasteiger partial charge < -0.3 is 21.6 Å². The number of nitrogens with two attached hydrogens (primary N) is 1. The van der Waals surface area contributed by atoms with Crippen molar-refractivity contribution in [2.75, 3.05) is 13.1 Å². The molecule has 5 N–H and O–H groups in total. The van der Waals surface area contributed by atoms with Gasteiger partial charge in [-0.15, -0.1) is 0 Å². The second-order valence-corrected chi connectivity index (χ2v) is 4.03. The van der Waals surface area contributed by atoms with Crippen LogP contribution in [0.1, 0.15) is 29.3 Å². The zero-order valence-corrected chi connectivity index (χ0v) is 11.2. The number of benzene rings is 1. The van der Waals surface area contributed by atoms with Crippen molar-refractivity contribution < 1.29 is 14.8 Å². The van der Waals surface area contributed by atoms with Crippen molar-refractivity contribution in [3.8, 4) is 0 Å². The summed E-state index contributed by atoms with van der Waals surface area (Å²) in [6, 6.07) is 6.37. The third-order valence-corrected chi connectivity index (χ3v) is 2.54. The monoisotopic (exact) mass is 278 g/mol. The molecule has 0 fully saturated rings. The van der Waals surface area contributed by atoms with E-state index in [1.54, 1.807) is 18.2 Å². The highest BCUT2D eigenvalue weighted by molar-refractivity contribution is 6.01. The molecule has 0 unspecified atom stereocenters. The molecule has 2 amide bonds. The van der Waals surface area contributed by atoms with Gasteiger partial charge in [-0.2, -0.15) is 0 Å². The molecular formula is C13H18N4O3. The van der Waals surface area contributed by atoms with Crippen LogP contribution in [-0.4, -0.2) is 35.9 Å². The van der Waals surface area contributed by atoms with Crippen molar-refractivity contribution in [3.05, 3.63) is 35.4 Å². The summed E-state index contributed by atoms with van der Waals surface area (Å²) in [7, 11) is 0. The van der Waals surface area contributed by atoms with E-state index in [0.29, 0.717) is 17.7 Å². The summed E-state index contributed by atoms with van der Waals surface area (Å²) >= 11 is 0. The maximum Gasteiger partial charge on any atom is 0.251 e. The van der Waals surface area contributed by atoms with E-state index >= 15 is 0 Å². The second-order valence-electron chi connectivity index (χ2n) is 4.03. The predicted octanol–water partition coefficient (Wildman–Crippen LogP) is 0.0371. The van der Waals surface area contributed by atoms with Gasteiger partial charge in [0.2, 0.25) is 5.91 Å². The normalized spacial score (nSPS) is 10.9. The molecule has 0 aliphatic carbocycles. The molecule has 0 saturated carbocycles. The third kappa shape index (κ3) is 4.60. The maximum absolute atomic E-state index is 11.9. The molecule has 1 rings (SSSR count). The molecule has 0 atom stereocenters. The predicted molar refractivity (Wildman–Crippen MR) is 74.6 cm³/mol. The molecule has 0 aromatic heterocycles. The van der Waals surface area contributed by atoms with Crippen LogP contribution >= 0.6 is 0 Å². The largest absolute Gasteiger partial charge is 0.409 e. The van der Waals surface area contributed by atoms with Gasteiger partial charge in [-0.25, -0.2) is 0 Å². The number of hydrogen-bond donors (Lipinski definition) is 4. The van der Waals surface area contributed by atoms with Gasteiger partial charge in [-0.05, 0) is 19.1 Å². The van der Waals surface area contributed by atoms with Crippen molar-refractivity contribution in [3.63, 3.8) is 0 Å². The lowest BCUT2D eigenvalue weighted by Gasteiger charge is -2.06. The first-order valence-electron chi connectivity index (χ1n) is 6.21. The van der Waals surface area contributed by atoms with Crippen LogP contribution in [0.3, 0.4) is 0 Å². The topological polar surface area (TPSA) is 117 Å². The maximum atomic E-state index is 11.9. The summed E-state index contributed by atoms with van der Waals surface area (Å²) in [5.41, 5.74) is 6.28. The van der Waals surface area contributed by atoms with Gasteiger partial charge in [0.25, 0.3) is 5.91 Å². The summed E-state index contributed by atoms with van der Waals surface area (Å²) in [5.74, 6) is -0.498. The fraction of sp³-hybridized carbons (Fsp3) is 0.308. The lowest BCUT2D eigenvalue weighted by molar-refractivity contribution is -0.120. The van der Waals surface area contributed by atoms with Crippen LogP contribution in [0.5, 0.6) is 0 Å². The quantitative estimate of drug-likeness (QED) is 0.254. The van der Waals surface area contributed by atoms with E-state index < -0.39 is 0 Å². The molecule has 7 heteroatoms. The highest BCUT2D eigenvalue weighted by Gasteiger charge is 2.08. The Hall–Kier alpha value is -2.57. The van der Waals surface area contributed by atoms with E-state index in [4.69, 9.17) is 10.9 Å². The van der Waals surface area contributed by atoms with E-state index in [-0.39, 0.29) is 30.6 Å². The summed E-state index contributed by atoms with van der Waals surface area (Å²) in [6.07, 6.45) is 0.222.